The molecule has 2 heterocycles. The number of hydrogen-bond donors (Lipinski definition) is 0. The Balaban J connectivity index is 2.11. The Morgan fingerprint density at radius 1 is 1.48 bits per heavy atom. The predicted octanol–water partition coefficient (Wildman–Crippen LogP) is 3.87. The van der Waals surface area contributed by atoms with E-state index >= 15 is 0 Å². The maximum atomic E-state index is 12.3. The highest BCUT2D eigenvalue weighted by Gasteiger charge is 2.13. The number of hydrogen-bond acceptors (Lipinski definition) is 5. The van der Waals surface area contributed by atoms with Gasteiger partial charge in [-0.3, -0.25) is 4.79 Å². The van der Waals surface area contributed by atoms with Gasteiger partial charge in [0.1, 0.15) is 0 Å². The summed E-state index contributed by atoms with van der Waals surface area (Å²) in [7, 11) is 0. The molecule has 0 spiro atoms. The molecule has 0 saturated carbocycles. The van der Waals surface area contributed by atoms with Crippen molar-refractivity contribution in [1.29, 1.82) is 0 Å². The summed E-state index contributed by atoms with van der Waals surface area (Å²) in [5, 5.41) is 3.74. The Kier molecular flexibility index (Phi) is 5.03. The van der Waals surface area contributed by atoms with Crippen LogP contribution in [-0.2, 0) is 6.54 Å². The molecule has 23 heavy (non-hydrogen) atoms. The van der Waals surface area contributed by atoms with Crippen LogP contribution in [0.4, 0.5) is 0 Å². The molecule has 0 aliphatic heterocycles. The van der Waals surface area contributed by atoms with Gasteiger partial charge < -0.3 is 9.09 Å². The van der Waals surface area contributed by atoms with Crippen LogP contribution in [0.3, 0.4) is 0 Å². The molecule has 0 fully saturated rings. The lowest BCUT2D eigenvalue weighted by molar-refractivity contribution is 0.0962. The maximum Gasteiger partial charge on any atom is 0.318 e. The molecule has 8 heteroatoms. The highest BCUT2D eigenvalue weighted by Crippen LogP contribution is 2.22. The molecule has 0 unspecified atom stereocenters. The molecule has 0 saturated heterocycles. The van der Waals surface area contributed by atoms with Crippen molar-refractivity contribution in [2.45, 2.75) is 13.5 Å². The number of carbonyl (C=O) groups excluding carboxylic acids is 1. The molecule has 0 bridgehead atoms. The van der Waals surface area contributed by atoms with Gasteiger partial charge in [0.2, 0.25) is 5.76 Å². The minimum Gasteiger partial charge on any atom is -0.351 e. The highest BCUT2D eigenvalue weighted by atomic mass is 79.9. The second-order valence-corrected chi connectivity index (χ2v) is 7.80. The van der Waals surface area contributed by atoms with Gasteiger partial charge in [-0.15, -0.1) is 0 Å². The molecule has 1 aromatic carbocycles. The molecular weight excluding hydrogens is 398 g/mol. The molecule has 0 radical (unpaired) electrons. The largest absolute Gasteiger partial charge is 0.351 e. The number of halogens is 1. The number of fused-ring (bicyclic) bond motifs is 1. The van der Waals surface area contributed by atoms with Gasteiger partial charge in [0.05, 0.1) is 15.9 Å². The normalized spacial score (nSPS) is 12.2. The van der Waals surface area contributed by atoms with E-state index in [2.05, 4.69) is 36.9 Å². The summed E-state index contributed by atoms with van der Waals surface area (Å²) < 4.78 is 9.17. The smallest absolute Gasteiger partial charge is 0.318 e. The van der Waals surface area contributed by atoms with Crippen molar-refractivity contribution in [3.05, 3.63) is 45.0 Å². The summed E-state index contributed by atoms with van der Waals surface area (Å²) >= 11 is 6.73. The number of nitrogens with zero attached hydrogens (tertiary/aromatic N) is 3. The van der Waals surface area contributed by atoms with Crippen molar-refractivity contribution >= 4 is 55.2 Å². The zero-order chi connectivity index (χ0) is 16.4. The lowest BCUT2D eigenvalue weighted by atomic mass is 10.3. The van der Waals surface area contributed by atoms with E-state index in [1.807, 2.05) is 18.2 Å². The minimum atomic E-state index is -0.408. The van der Waals surface area contributed by atoms with Crippen molar-refractivity contribution in [1.82, 2.24) is 9.72 Å². The molecule has 120 valence electrons. The Bertz CT molecular complexity index is 926. The molecular formula is C15H14BrN3O2S2. The Hall–Kier alpha value is -1.38. The molecule has 0 N–H and O–H groups in total. The summed E-state index contributed by atoms with van der Waals surface area (Å²) in [6, 6.07) is 7.67. The first kappa shape index (κ1) is 16.5. The Morgan fingerprint density at radius 3 is 3.00 bits per heavy atom. The molecule has 2 aromatic heterocycles. The van der Waals surface area contributed by atoms with Gasteiger partial charge in [0.25, 0.3) is 0 Å². The van der Waals surface area contributed by atoms with Crippen molar-refractivity contribution in [2.24, 2.45) is 4.99 Å². The van der Waals surface area contributed by atoms with Crippen molar-refractivity contribution in [3.63, 3.8) is 0 Å². The zero-order valence-corrected chi connectivity index (χ0v) is 15.8. The van der Waals surface area contributed by atoms with E-state index < -0.39 is 5.91 Å². The third-order valence-electron chi connectivity index (χ3n) is 3.20. The summed E-state index contributed by atoms with van der Waals surface area (Å²) in [5.41, 5.74) is 1.74. The quantitative estimate of drug-likeness (QED) is 0.653. The topological polar surface area (TPSA) is 60.4 Å². The lowest BCUT2D eigenvalue weighted by Crippen LogP contribution is -2.18. The predicted molar refractivity (Wildman–Crippen MR) is 97.0 cm³/mol. The zero-order valence-electron chi connectivity index (χ0n) is 12.6. The maximum absolute atomic E-state index is 12.3. The average Bonchev–Trinajstić information content (AvgIpc) is 3.08. The van der Waals surface area contributed by atoms with Gasteiger partial charge in [-0.2, -0.15) is 16.8 Å². The third kappa shape index (κ3) is 3.59. The number of carbonyl (C=O) groups is 1. The first-order valence-corrected chi connectivity index (χ1v) is 9.89. The fourth-order valence-corrected chi connectivity index (χ4v) is 4.11. The van der Waals surface area contributed by atoms with Crippen LogP contribution in [-0.4, -0.2) is 27.6 Å². The molecule has 3 rings (SSSR count). The SMILES string of the molecule is CSCCn1c(=NC(=O)c2cc(C)no2)sc2cc(Br)ccc21. The number of rotatable bonds is 4. The number of thioether (sulfide) groups is 1. The van der Waals surface area contributed by atoms with E-state index in [1.165, 1.54) is 11.3 Å². The Morgan fingerprint density at radius 2 is 2.30 bits per heavy atom. The van der Waals surface area contributed by atoms with Crippen LogP contribution in [0.15, 0.2) is 38.3 Å². The fourth-order valence-electron chi connectivity index (χ4n) is 2.14. The van der Waals surface area contributed by atoms with Gasteiger partial charge in [-0.1, -0.05) is 32.4 Å². The number of amides is 1. The number of benzene rings is 1. The van der Waals surface area contributed by atoms with Gasteiger partial charge in [0, 0.05) is 22.8 Å². The lowest BCUT2D eigenvalue weighted by Gasteiger charge is -2.03. The van der Waals surface area contributed by atoms with E-state index in [9.17, 15) is 4.79 Å². The van der Waals surface area contributed by atoms with Crippen LogP contribution in [0, 0.1) is 6.92 Å². The number of aromatic nitrogens is 2. The summed E-state index contributed by atoms with van der Waals surface area (Å²) in [6.45, 7) is 2.57. The molecule has 0 atom stereocenters. The van der Waals surface area contributed by atoms with Gasteiger partial charge >= 0.3 is 5.91 Å². The van der Waals surface area contributed by atoms with Crippen molar-refractivity contribution in [3.8, 4) is 0 Å². The fraction of sp³-hybridized carbons (Fsp3) is 0.267. The third-order valence-corrected chi connectivity index (χ3v) is 5.32. The van der Waals surface area contributed by atoms with Gasteiger partial charge in [0.15, 0.2) is 4.80 Å². The molecule has 1 amide bonds. The highest BCUT2D eigenvalue weighted by molar-refractivity contribution is 9.10. The van der Waals surface area contributed by atoms with Crippen LogP contribution in [0.25, 0.3) is 10.2 Å². The second-order valence-electron chi connectivity index (χ2n) is 4.89. The first-order chi connectivity index (χ1) is 11.1. The molecule has 0 aliphatic rings. The summed E-state index contributed by atoms with van der Waals surface area (Å²) in [6.07, 6.45) is 2.06. The van der Waals surface area contributed by atoms with E-state index in [0.717, 1.165) is 27.0 Å². The van der Waals surface area contributed by atoms with Crippen LogP contribution in [0.1, 0.15) is 16.2 Å². The van der Waals surface area contributed by atoms with E-state index in [-0.39, 0.29) is 5.76 Å². The Labute approximate surface area is 149 Å². The molecule has 0 aliphatic carbocycles. The van der Waals surface area contributed by atoms with Crippen LogP contribution >= 0.6 is 39.0 Å². The van der Waals surface area contributed by atoms with E-state index in [4.69, 9.17) is 4.52 Å². The molecule has 3 aromatic rings. The summed E-state index contributed by atoms with van der Waals surface area (Å²) in [4.78, 5) is 17.2. The minimum absolute atomic E-state index is 0.164. The standard InChI is InChI=1S/C15H14BrN3O2S2/c1-9-7-12(21-18-9)14(20)17-15-19(5-6-22-2)11-4-3-10(16)8-13(11)23-15/h3-4,7-8H,5-6H2,1-2H3. The first-order valence-electron chi connectivity index (χ1n) is 6.88. The summed E-state index contributed by atoms with van der Waals surface area (Å²) in [5.74, 6) is 0.705. The van der Waals surface area contributed by atoms with E-state index in [0.29, 0.717) is 10.5 Å². The van der Waals surface area contributed by atoms with Gasteiger partial charge in [-0.05, 0) is 31.4 Å². The van der Waals surface area contributed by atoms with Crippen LogP contribution in [0.5, 0.6) is 0 Å². The number of aryl methyl sites for hydroxylation is 2. The van der Waals surface area contributed by atoms with Crippen molar-refractivity contribution < 1.29 is 9.32 Å². The van der Waals surface area contributed by atoms with Gasteiger partial charge in [-0.25, -0.2) is 0 Å². The monoisotopic (exact) mass is 411 g/mol. The molecule has 5 nitrogen and oxygen atoms in total. The second kappa shape index (κ2) is 7.02. The van der Waals surface area contributed by atoms with E-state index in [1.54, 1.807) is 24.8 Å². The number of thiazole rings is 1. The average molecular weight is 412 g/mol. The van der Waals surface area contributed by atoms with Crippen LogP contribution in [0.2, 0.25) is 0 Å². The van der Waals surface area contributed by atoms with Crippen LogP contribution < -0.4 is 4.80 Å². The van der Waals surface area contributed by atoms with Crippen molar-refractivity contribution in [2.75, 3.05) is 12.0 Å².